The quantitative estimate of drug-likeness (QED) is 0.300. The fraction of sp³-hybridized carbons (Fsp3) is 0.111. The summed E-state index contributed by atoms with van der Waals surface area (Å²) in [7, 11) is 0. The van der Waals surface area contributed by atoms with Gasteiger partial charge in [0.25, 0.3) is 0 Å². The Morgan fingerprint density at radius 2 is 0.839 bits per heavy atom. The van der Waals surface area contributed by atoms with Crippen molar-refractivity contribution in [1.29, 1.82) is 0 Å². The third kappa shape index (κ3) is 6.54. The van der Waals surface area contributed by atoms with E-state index in [1.54, 1.807) is 0 Å². The second kappa shape index (κ2) is 10.7. The minimum atomic E-state index is 0.170. The Kier molecular flexibility index (Phi) is 7.05. The second-order valence-electron chi connectivity index (χ2n) is 7.13. The molecule has 0 aliphatic heterocycles. The standard InChI is InChI=1S/C27H26N2O2/c1-3-7-24(8-4-1)28-19-22-11-15-26(16-12-22)30-21-31-27-17-13-23(14-18-27)20-29-25-9-5-2-6-10-25/h1-18,28-29H,19-21H2. The van der Waals surface area contributed by atoms with Crippen LogP contribution in [0.25, 0.3) is 0 Å². The molecule has 0 aromatic heterocycles. The van der Waals surface area contributed by atoms with Crippen LogP contribution < -0.4 is 20.1 Å². The second-order valence-corrected chi connectivity index (χ2v) is 7.13. The van der Waals surface area contributed by atoms with E-state index in [9.17, 15) is 0 Å². The fourth-order valence-electron chi connectivity index (χ4n) is 3.09. The van der Waals surface area contributed by atoms with Crippen molar-refractivity contribution in [3.63, 3.8) is 0 Å². The van der Waals surface area contributed by atoms with Gasteiger partial charge in [0.1, 0.15) is 11.5 Å². The highest BCUT2D eigenvalue weighted by Crippen LogP contribution is 2.17. The number of anilines is 2. The summed E-state index contributed by atoms with van der Waals surface area (Å²) < 4.78 is 11.4. The molecule has 2 N–H and O–H groups in total. The van der Waals surface area contributed by atoms with Gasteiger partial charge in [-0.05, 0) is 59.7 Å². The molecule has 0 atom stereocenters. The van der Waals surface area contributed by atoms with Crippen molar-refractivity contribution in [2.24, 2.45) is 0 Å². The molecule has 0 saturated heterocycles. The van der Waals surface area contributed by atoms with Crippen LogP contribution in [-0.4, -0.2) is 6.79 Å². The number of hydrogen-bond donors (Lipinski definition) is 2. The van der Waals surface area contributed by atoms with E-state index in [1.807, 2.05) is 60.7 Å². The van der Waals surface area contributed by atoms with Crippen molar-refractivity contribution in [3.8, 4) is 11.5 Å². The molecule has 4 aromatic rings. The Morgan fingerprint density at radius 3 is 1.23 bits per heavy atom. The van der Waals surface area contributed by atoms with E-state index in [1.165, 1.54) is 11.1 Å². The molecule has 0 amide bonds. The van der Waals surface area contributed by atoms with Gasteiger partial charge in [-0.1, -0.05) is 60.7 Å². The van der Waals surface area contributed by atoms with Crippen molar-refractivity contribution in [2.45, 2.75) is 13.1 Å². The molecule has 0 aliphatic carbocycles. The lowest BCUT2D eigenvalue weighted by Crippen LogP contribution is -2.06. The van der Waals surface area contributed by atoms with Gasteiger partial charge in [-0.25, -0.2) is 0 Å². The molecule has 0 spiro atoms. The van der Waals surface area contributed by atoms with Gasteiger partial charge in [-0.3, -0.25) is 0 Å². The average molecular weight is 411 g/mol. The van der Waals surface area contributed by atoms with Gasteiger partial charge in [-0.15, -0.1) is 0 Å². The maximum Gasteiger partial charge on any atom is 0.230 e. The summed E-state index contributed by atoms with van der Waals surface area (Å²) in [5, 5.41) is 6.80. The number of para-hydroxylation sites is 2. The first kappa shape index (κ1) is 20.4. The Labute approximate surface area is 183 Å². The molecule has 4 heteroatoms. The van der Waals surface area contributed by atoms with E-state index >= 15 is 0 Å². The van der Waals surface area contributed by atoms with Crippen molar-refractivity contribution < 1.29 is 9.47 Å². The number of hydrogen-bond acceptors (Lipinski definition) is 4. The van der Waals surface area contributed by atoms with Gasteiger partial charge >= 0.3 is 0 Å². The monoisotopic (exact) mass is 410 g/mol. The summed E-state index contributed by atoms with van der Waals surface area (Å²) in [6.07, 6.45) is 0. The SMILES string of the molecule is c1ccc(NCc2ccc(OCOc3ccc(CNc4ccccc4)cc3)cc2)cc1. The highest BCUT2D eigenvalue weighted by Gasteiger charge is 1.99. The first-order valence-corrected chi connectivity index (χ1v) is 10.4. The molecule has 0 bridgehead atoms. The van der Waals surface area contributed by atoms with Gasteiger partial charge < -0.3 is 20.1 Å². The van der Waals surface area contributed by atoms with E-state index in [0.29, 0.717) is 0 Å². The number of ether oxygens (including phenoxy) is 2. The Morgan fingerprint density at radius 1 is 0.452 bits per heavy atom. The highest BCUT2D eigenvalue weighted by molar-refractivity contribution is 5.44. The maximum absolute atomic E-state index is 5.71. The smallest absolute Gasteiger partial charge is 0.230 e. The summed E-state index contributed by atoms with van der Waals surface area (Å²) in [5.74, 6) is 1.57. The van der Waals surface area contributed by atoms with Crippen LogP contribution in [0.5, 0.6) is 11.5 Å². The third-order valence-corrected chi connectivity index (χ3v) is 4.84. The maximum atomic E-state index is 5.71. The first-order valence-electron chi connectivity index (χ1n) is 10.4. The predicted molar refractivity (Wildman–Crippen MR) is 127 cm³/mol. The van der Waals surface area contributed by atoms with Crippen molar-refractivity contribution in [2.75, 3.05) is 17.4 Å². The number of benzene rings is 4. The summed E-state index contributed by atoms with van der Waals surface area (Å²) >= 11 is 0. The third-order valence-electron chi connectivity index (χ3n) is 4.84. The molecular formula is C27H26N2O2. The van der Waals surface area contributed by atoms with Gasteiger partial charge in [0.2, 0.25) is 6.79 Å². The molecule has 4 aromatic carbocycles. The van der Waals surface area contributed by atoms with Crippen LogP contribution in [0.3, 0.4) is 0 Å². The van der Waals surface area contributed by atoms with E-state index in [-0.39, 0.29) is 6.79 Å². The van der Waals surface area contributed by atoms with Crippen LogP contribution in [0.1, 0.15) is 11.1 Å². The van der Waals surface area contributed by atoms with Crippen LogP contribution in [0, 0.1) is 0 Å². The summed E-state index contributed by atoms with van der Waals surface area (Å²) in [5.41, 5.74) is 4.60. The summed E-state index contributed by atoms with van der Waals surface area (Å²) in [6.45, 7) is 1.71. The van der Waals surface area contributed by atoms with Gasteiger partial charge in [0.05, 0.1) is 0 Å². The molecule has 156 valence electrons. The lowest BCUT2D eigenvalue weighted by molar-refractivity contribution is 0.120. The highest BCUT2D eigenvalue weighted by atomic mass is 16.7. The van der Waals surface area contributed by atoms with E-state index in [4.69, 9.17) is 9.47 Å². The molecule has 0 unspecified atom stereocenters. The summed E-state index contributed by atoms with van der Waals surface area (Å²) in [4.78, 5) is 0. The fourth-order valence-corrected chi connectivity index (χ4v) is 3.09. The largest absolute Gasteiger partial charge is 0.458 e. The first-order chi connectivity index (χ1) is 15.3. The van der Waals surface area contributed by atoms with Crippen LogP contribution in [0.2, 0.25) is 0 Å². The van der Waals surface area contributed by atoms with Crippen LogP contribution >= 0.6 is 0 Å². The van der Waals surface area contributed by atoms with Crippen molar-refractivity contribution in [3.05, 3.63) is 120 Å². The zero-order chi connectivity index (χ0) is 21.1. The molecule has 0 fully saturated rings. The molecule has 4 nitrogen and oxygen atoms in total. The van der Waals surface area contributed by atoms with Crippen LogP contribution in [-0.2, 0) is 13.1 Å². The zero-order valence-electron chi connectivity index (χ0n) is 17.3. The number of rotatable bonds is 10. The van der Waals surface area contributed by atoms with E-state index < -0.39 is 0 Å². The molecule has 4 rings (SSSR count). The molecular weight excluding hydrogens is 384 g/mol. The minimum absolute atomic E-state index is 0.170. The van der Waals surface area contributed by atoms with Gasteiger partial charge in [0, 0.05) is 24.5 Å². The molecule has 0 aliphatic rings. The topological polar surface area (TPSA) is 42.5 Å². The Bertz CT molecular complexity index is 947. The van der Waals surface area contributed by atoms with Crippen LogP contribution in [0.4, 0.5) is 11.4 Å². The number of nitrogens with one attached hydrogen (secondary N) is 2. The van der Waals surface area contributed by atoms with Crippen molar-refractivity contribution in [1.82, 2.24) is 0 Å². The van der Waals surface area contributed by atoms with Crippen molar-refractivity contribution >= 4 is 11.4 Å². The molecule has 0 heterocycles. The van der Waals surface area contributed by atoms with Gasteiger partial charge in [-0.2, -0.15) is 0 Å². The summed E-state index contributed by atoms with van der Waals surface area (Å²) in [6, 6.07) is 36.4. The lowest BCUT2D eigenvalue weighted by Gasteiger charge is -2.11. The lowest BCUT2D eigenvalue weighted by atomic mass is 10.2. The van der Waals surface area contributed by atoms with Crippen LogP contribution in [0.15, 0.2) is 109 Å². The normalized spacial score (nSPS) is 10.3. The molecule has 31 heavy (non-hydrogen) atoms. The van der Waals surface area contributed by atoms with E-state index in [2.05, 4.69) is 59.2 Å². The minimum Gasteiger partial charge on any atom is -0.458 e. The zero-order valence-corrected chi connectivity index (χ0v) is 17.3. The molecule has 0 saturated carbocycles. The molecule has 0 radical (unpaired) electrons. The van der Waals surface area contributed by atoms with E-state index in [0.717, 1.165) is 36.0 Å². The Balaban J connectivity index is 1.18. The average Bonchev–Trinajstić information content (AvgIpc) is 2.84. The predicted octanol–water partition coefficient (Wildman–Crippen LogP) is 6.33. The Hall–Kier alpha value is -3.92. The van der Waals surface area contributed by atoms with Gasteiger partial charge in [0.15, 0.2) is 0 Å².